The highest BCUT2D eigenvalue weighted by molar-refractivity contribution is 6.33. The van der Waals surface area contributed by atoms with Gasteiger partial charge in [0, 0.05) is 26.7 Å². The SMILES string of the molecule is O=C(N/N=C\c1ccccc1Cl)c1ccc(N/N=C\c2ccccc2Cl)cc1. The van der Waals surface area contributed by atoms with Crippen LogP contribution in [0.2, 0.25) is 10.0 Å². The number of benzene rings is 3. The minimum atomic E-state index is -0.325. The van der Waals surface area contributed by atoms with Gasteiger partial charge in [-0.2, -0.15) is 10.2 Å². The average molecular weight is 411 g/mol. The second-order valence-electron chi connectivity index (χ2n) is 5.69. The van der Waals surface area contributed by atoms with Gasteiger partial charge >= 0.3 is 0 Å². The summed E-state index contributed by atoms with van der Waals surface area (Å²) in [6, 6.07) is 21.5. The number of carbonyl (C=O) groups is 1. The molecule has 0 saturated heterocycles. The molecular formula is C21H16Cl2N4O. The zero-order valence-electron chi connectivity index (χ0n) is 14.6. The molecule has 0 saturated carbocycles. The van der Waals surface area contributed by atoms with Crippen LogP contribution in [0, 0.1) is 0 Å². The highest BCUT2D eigenvalue weighted by Crippen LogP contribution is 2.14. The first-order chi connectivity index (χ1) is 13.6. The number of hydrazone groups is 2. The third-order valence-corrected chi connectivity index (χ3v) is 4.41. The Labute approximate surface area is 172 Å². The minimum absolute atomic E-state index is 0.325. The predicted octanol–water partition coefficient (Wildman–Crippen LogP) is 5.20. The summed E-state index contributed by atoms with van der Waals surface area (Å²) in [5.41, 5.74) is 8.10. The molecule has 0 heterocycles. The maximum Gasteiger partial charge on any atom is 0.271 e. The van der Waals surface area contributed by atoms with Crippen molar-refractivity contribution in [3.63, 3.8) is 0 Å². The van der Waals surface area contributed by atoms with E-state index in [0.29, 0.717) is 15.6 Å². The van der Waals surface area contributed by atoms with Gasteiger partial charge in [0.25, 0.3) is 5.91 Å². The van der Waals surface area contributed by atoms with Crippen molar-refractivity contribution in [2.75, 3.05) is 5.43 Å². The summed E-state index contributed by atoms with van der Waals surface area (Å²) in [5, 5.41) is 9.26. The lowest BCUT2D eigenvalue weighted by Gasteiger charge is -2.03. The fourth-order valence-corrected chi connectivity index (χ4v) is 2.63. The number of halogens is 2. The summed E-state index contributed by atoms with van der Waals surface area (Å²) in [4.78, 5) is 12.1. The second kappa shape index (κ2) is 9.69. The van der Waals surface area contributed by atoms with Gasteiger partial charge in [0.05, 0.1) is 18.1 Å². The smallest absolute Gasteiger partial charge is 0.271 e. The molecule has 0 aliphatic carbocycles. The third kappa shape index (κ3) is 5.42. The first-order valence-corrected chi connectivity index (χ1v) is 9.11. The number of anilines is 1. The fraction of sp³-hybridized carbons (Fsp3) is 0. The van der Waals surface area contributed by atoms with Crippen molar-refractivity contribution in [1.29, 1.82) is 0 Å². The van der Waals surface area contributed by atoms with Gasteiger partial charge in [-0.15, -0.1) is 0 Å². The minimum Gasteiger partial charge on any atom is -0.279 e. The van der Waals surface area contributed by atoms with Crippen LogP contribution in [0.15, 0.2) is 83.0 Å². The molecule has 0 bridgehead atoms. The molecule has 0 atom stereocenters. The summed E-state index contributed by atoms with van der Waals surface area (Å²) in [5.74, 6) is -0.325. The quantitative estimate of drug-likeness (QED) is 0.432. The molecule has 3 aromatic rings. The molecule has 7 heteroatoms. The Kier molecular flexibility index (Phi) is 6.78. The Morgan fingerprint density at radius 3 is 1.86 bits per heavy atom. The number of rotatable bonds is 6. The number of carbonyl (C=O) groups excluding carboxylic acids is 1. The number of amides is 1. The van der Waals surface area contributed by atoms with Gasteiger partial charge < -0.3 is 0 Å². The van der Waals surface area contributed by atoms with E-state index in [1.807, 2.05) is 36.4 Å². The molecule has 0 unspecified atom stereocenters. The zero-order valence-corrected chi connectivity index (χ0v) is 16.2. The van der Waals surface area contributed by atoms with Gasteiger partial charge in [-0.1, -0.05) is 59.6 Å². The molecule has 0 aliphatic heterocycles. The summed E-state index contributed by atoms with van der Waals surface area (Å²) in [6.45, 7) is 0. The maximum atomic E-state index is 12.1. The van der Waals surface area contributed by atoms with E-state index >= 15 is 0 Å². The van der Waals surface area contributed by atoms with E-state index < -0.39 is 0 Å². The van der Waals surface area contributed by atoms with E-state index in [-0.39, 0.29) is 5.91 Å². The van der Waals surface area contributed by atoms with Gasteiger partial charge in [-0.3, -0.25) is 10.2 Å². The molecule has 0 radical (unpaired) electrons. The van der Waals surface area contributed by atoms with Crippen LogP contribution in [0.1, 0.15) is 21.5 Å². The Bertz CT molecular complexity index is 1020. The van der Waals surface area contributed by atoms with E-state index in [0.717, 1.165) is 16.8 Å². The number of nitrogens with one attached hydrogen (secondary N) is 2. The summed E-state index contributed by atoms with van der Waals surface area (Å²) < 4.78 is 0. The van der Waals surface area contributed by atoms with Gasteiger partial charge in [-0.25, -0.2) is 5.43 Å². The van der Waals surface area contributed by atoms with Crippen LogP contribution < -0.4 is 10.9 Å². The van der Waals surface area contributed by atoms with Crippen molar-refractivity contribution < 1.29 is 4.79 Å². The molecule has 140 valence electrons. The van der Waals surface area contributed by atoms with Gasteiger partial charge in [-0.05, 0) is 36.4 Å². The highest BCUT2D eigenvalue weighted by Gasteiger charge is 2.04. The van der Waals surface area contributed by atoms with Crippen LogP contribution in [0.25, 0.3) is 0 Å². The molecule has 2 N–H and O–H groups in total. The van der Waals surface area contributed by atoms with Crippen molar-refractivity contribution in [1.82, 2.24) is 5.43 Å². The number of nitrogens with zero attached hydrogens (tertiary/aromatic N) is 2. The Hall–Kier alpha value is -3.15. The number of hydrogen-bond acceptors (Lipinski definition) is 4. The standard InChI is InChI=1S/C21H16Cl2N4O/c22-19-7-3-1-5-16(19)13-24-26-18-11-9-15(10-12-18)21(28)27-25-14-17-6-2-4-8-20(17)23/h1-14,26H,(H,27,28)/b24-13-,25-14-. The normalized spacial score (nSPS) is 11.1. The molecule has 1 amide bonds. The lowest BCUT2D eigenvalue weighted by molar-refractivity contribution is 0.0955. The van der Waals surface area contributed by atoms with Crippen molar-refractivity contribution in [2.24, 2.45) is 10.2 Å². The maximum absolute atomic E-state index is 12.1. The van der Waals surface area contributed by atoms with Crippen molar-refractivity contribution in [3.8, 4) is 0 Å². The Morgan fingerprint density at radius 1 is 0.750 bits per heavy atom. The van der Waals surface area contributed by atoms with Crippen molar-refractivity contribution in [3.05, 3.63) is 99.5 Å². The highest BCUT2D eigenvalue weighted by atomic mass is 35.5. The molecule has 5 nitrogen and oxygen atoms in total. The van der Waals surface area contributed by atoms with Crippen LogP contribution in [0.4, 0.5) is 5.69 Å². The molecule has 3 rings (SSSR count). The van der Waals surface area contributed by atoms with Crippen LogP contribution in [-0.4, -0.2) is 18.3 Å². The van der Waals surface area contributed by atoms with E-state index in [1.165, 1.54) is 6.21 Å². The lowest BCUT2D eigenvalue weighted by Crippen LogP contribution is -2.17. The van der Waals surface area contributed by atoms with Crippen LogP contribution in [0.3, 0.4) is 0 Å². The number of hydrogen-bond donors (Lipinski definition) is 2. The molecule has 0 spiro atoms. The molecule has 0 aromatic heterocycles. The zero-order chi connectivity index (χ0) is 19.8. The first kappa shape index (κ1) is 19.6. The summed E-state index contributed by atoms with van der Waals surface area (Å²) in [6.07, 6.45) is 3.13. The summed E-state index contributed by atoms with van der Waals surface area (Å²) >= 11 is 12.1. The largest absolute Gasteiger partial charge is 0.279 e. The monoisotopic (exact) mass is 410 g/mol. The average Bonchev–Trinajstić information content (AvgIpc) is 2.71. The van der Waals surface area contributed by atoms with Crippen molar-refractivity contribution >= 4 is 47.2 Å². The Balaban J connectivity index is 1.55. The fourth-order valence-electron chi connectivity index (χ4n) is 2.26. The molecule has 3 aromatic carbocycles. The molecule has 28 heavy (non-hydrogen) atoms. The van der Waals surface area contributed by atoms with Gasteiger partial charge in [0.2, 0.25) is 0 Å². The molecule has 0 aliphatic rings. The molecular weight excluding hydrogens is 395 g/mol. The van der Waals surface area contributed by atoms with E-state index in [4.69, 9.17) is 23.2 Å². The Morgan fingerprint density at radius 2 is 1.29 bits per heavy atom. The van der Waals surface area contributed by atoms with Gasteiger partial charge in [0.1, 0.15) is 0 Å². The topological polar surface area (TPSA) is 65.8 Å². The van der Waals surface area contributed by atoms with Crippen LogP contribution in [0.5, 0.6) is 0 Å². The summed E-state index contributed by atoms with van der Waals surface area (Å²) in [7, 11) is 0. The van der Waals surface area contributed by atoms with Crippen molar-refractivity contribution in [2.45, 2.75) is 0 Å². The third-order valence-electron chi connectivity index (χ3n) is 3.72. The van der Waals surface area contributed by atoms with Crippen LogP contribution in [-0.2, 0) is 0 Å². The second-order valence-corrected chi connectivity index (χ2v) is 6.50. The van der Waals surface area contributed by atoms with Gasteiger partial charge in [0.15, 0.2) is 0 Å². The molecule has 0 fully saturated rings. The van der Waals surface area contributed by atoms with E-state index in [1.54, 1.807) is 42.6 Å². The van der Waals surface area contributed by atoms with E-state index in [9.17, 15) is 4.79 Å². The first-order valence-electron chi connectivity index (χ1n) is 8.35. The lowest BCUT2D eigenvalue weighted by atomic mass is 10.2. The van der Waals surface area contributed by atoms with E-state index in [2.05, 4.69) is 21.1 Å². The van der Waals surface area contributed by atoms with Crippen LogP contribution >= 0.6 is 23.2 Å². The predicted molar refractivity (Wildman–Crippen MR) is 116 cm³/mol.